The van der Waals surface area contributed by atoms with Crippen molar-refractivity contribution in [3.63, 3.8) is 0 Å². The number of pyridine rings is 1. The van der Waals surface area contributed by atoms with E-state index in [4.69, 9.17) is 29.2 Å². The van der Waals surface area contributed by atoms with Crippen LogP contribution in [0.15, 0.2) is 36.4 Å². The molecular weight excluding hydrogens is 478 g/mol. The number of rotatable bonds is 6. The van der Waals surface area contributed by atoms with Crippen LogP contribution in [-0.2, 0) is 9.47 Å². The van der Waals surface area contributed by atoms with Gasteiger partial charge in [-0.05, 0) is 69.0 Å². The Balaban J connectivity index is 1.28. The van der Waals surface area contributed by atoms with Gasteiger partial charge in [-0.1, -0.05) is 19.3 Å². The van der Waals surface area contributed by atoms with Crippen molar-refractivity contribution in [1.29, 1.82) is 0 Å². The van der Waals surface area contributed by atoms with E-state index in [2.05, 4.69) is 60.0 Å². The molecule has 1 saturated carbocycles. The molecule has 0 spiro atoms. The maximum absolute atomic E-state index is 6.12. The molecule has 4 heterocycles. The van der Waals surface area contributed by atoms with Gasteiger partial charge in [-0.2, -0.15) is 9.97 Å². The minimum Gasteiger partial charge on any atom is -0.493 e. The molecule has 1 aromatic carbocycles. The van der Waals surface area contributed by atoms with Crippen LogP contribution < -0.4 is 14.5 Å². The largest absolute Gasteiger partial charge is 0.493 e. The quantitative estimate of drug-likeness (QED) is 0.447. The Bertz CT molecular complexity index is 1210. The maximum Gasteiger partial charge on any atom is 0.229 e. The summed E-state index contributed by atoms with van der Waals surface area (Å²) in [5.41, 5.74) is 2.68. The summed E-state index contributed by atoms with van der Waals surface area (Å²) in [5, 5.41) is 0.973. The lowest BCUT2D eigenvalue weighted by atomic mass is 9.90. The number of hydrogen-bond acceptors (Lipinski definition) is 8. The van der Waals surface area contributed by atoms with Gasteiger partial charge in [-0.15, -0.1) is 0 Å². The SMILES string of the molecule is CC1CN(c2nc(N3CCOCC3)c3ccc(-c4ccc(OCC5CCCCC5)cc4)nc3n2)CC(C)O1. The molecule has 2 unspecified atom stereocenters. The maximum atomic E-state index is 6.12. The standard InChI is InChI=1S/C30H39N5O3/c1-21-18-35(19-22(2)38-21)30-32-28-26(29(33-30)34-14-16-36-17-15-34)12-13-27(31-28)24-8-10-25(11-9-24)37-20-23-6-4-3-5-7-23/h8-13,21-23H,3-7,14-20H2,1-2H3. The molecule has 2 aliphatic heterocycles. The van der Waals surface area contributed by atoms with E-state index in [1.165, 1.54) is 32.1 Å². The zero-order chi connectivity index (χ0) is 25.9. The molecule has 3 fully saturated rings. The predicted molar refractivity (Wildman–Crippen MR) is 150 cm³/mol. The van der Waals surface area contributed by atoms with Crippen LogP contribution in [0.5, 0.6) is 5.75 Å². The van der Waals surface area contributed by atoms with Crippen molar-refractivity contribution < 1.29 is 14.2 Å². The number of morpholine rings is 2. The fraction of sp³-hybridized carbons (Fsp3) is 0.567. The van der Waals surface area contributed by atoms with E-state index in [9.17, 15) is 0 Å². The van der Waals surface area contributed by atoms with Crippen molar-refractivity contribution in [1.82, 2.24) is 15.0 Å². The molecule has 0 N–H and O–H groups in total. The van der Waals surface area contributed by atoms with Crippen molar-refractivity contribution in [2.75, 3.05) is 55.8 Å². The van der Waals surface area contributed by atoms with Gasteiger partial charge in [0.25, 0.3) is 0 Å². The molecule has 0 radical (unpaired) electrons. The van der Waals surface area contributed by atoms with Crippen LogP contribution in [0.25, 0.3) is 22.3 Å². The number of fused-ring (bicyclic) bond motifs is 1. The highest BCUT2D eigenvalue weighted by atomic mass is 16.5. The second-order valence-corrected chi connectivity index (χ2v) is 11.0. The molecule has 0 amide bonds. The van der Waals surface area contributed by atoms with Crippen molar-refractivity contribution in [3.8, 4) is 17.0 Å². The Morgan fingerprint density at radius 1 is 0.842 bits per heavy atom. The third-order valence-electron chi connectivity index (χ3n) is 7.90. The van der Waals surface area contributed by atoms with Crippen molar-refractivity contribution in [2.45, 2.75) is 58.2 Å². The summed E-state index contributed by atoms with van der Waals surface area (Å²) >= 11 is 0. The normalized spacial score (nSPS) is 23.1. The first-order chi connectivity index (χ1) is 18.6. The lowest BCUT2D eigenvalue weighted by molar-refractivity contribution is -0.00570. The third kappa shape index (κ3) is 5.71. The van der Waals surface area contributed by atoms with Crippen LogP contribution in [0.3, 0.4) is 0 Å². The lowest BCUT2D eigenvalue weighted by Crippen LogP contribution is -2.46. The monoisotopic (exact) mass is 517 g/mol. The number of nitrogens with zero attached hydrogens (tertiary/aromatic N) is 5. The van der Waals surface area contributed by atoms with E-state index in [-0.39, 0.29) is 12.2 Å². The van der Waals surface area contributed by atoms with Crippen LogP contribution in [0.1, 0.15) is 46.0 Å². The fourth-order valence-corrected chi connectivity index (χ4v) is 5.93. The molecule has 202 valence electrons. The number of anilines is 2. The Morgan fingerprint density at radius 3 is 2.32 bits per heavy atom. The molecule has 3 aromatic rings. The molecule has 2 saturated heterocycles. The molecule has 38 heavy (non-hydrogen) atoms. The van der Waals surface area contributed by atoms with Gasteiger partial charge in [0.05, 0.1) is 43.1 Å². The van der Waals surface area contributed by atoms with Gasteiger partial charge in [-0.25, -0.2) is 4.98 Å². The Labute approximate surface area is 225 Å². The molecular formula is C30H39N5O3. The lowest BCUT2D eigenvalue weighted by Gasteiger charge is -2.36. The number of ether oxygens (including phenoxy) is 3. The van der Waals surface area contributed by atoms with Gasteiger partial charge in [0.2, 0.25) is 5.95 Å². The first-order valence-electron chi connectivity index (χ1n) is 14.3. The second kappa shape index (κ2) is 11.4. The Kier molecular flexibility index (Phi) is 7.60. The molecule has 0 bridgehead atoms. The third-order valence-corrected chi connectivity index (χ3v) is 7.90. The van der Waals surface area contributed by atoms with Gasteiger partial charge < -0.3 is 24.0 Å². The van der Waals surface area contributed by atoms with E-state index in [0.29, 0.717) is 19.1 Å². The number of benzene rings is 1. The van der Waals surface area contributed by atoms with Crippen LogP contribution >= 0.6 is 0 Å². The van der Waals surface area contributed by atoms with Crippen LogP contribution in [-0.4, -0.2) is 73.2 Å². The van der Waals surface area contributed by atoms with Crippen molar-refractivity contribution in [3.05, 3.63) is 36.4 Å². The zero-order valence-electron chi connectivity index (χ0n) is 22.6. The van der Waals surface area contributed by atoms with E-state index < -0.39 is 0 Å². The Hall–Kier alpha value is -2.97. The molecule has 2 aromatic heterocycles. The van der Waals surface area contributed by atoms with Gasteiger partial charge in [0.1, 0.15) is 11.6 Å². The van der Waals surface area contributed by atoms with Crippen molar-refractivity contribution in [2.24, 2.45) is 5.92 Å². The van der Waals surface area contributed by atoms with Gasteiger partial charge >= 0.3 is 0 Å². The van der Waals surface area contributed by atoms with Crippen LogP contribution in [0.2, 0.25) is 0 Å². The summed E-state index contributed by atoms with van der Waals surface area (Å²) in [6.07, 6.45) is 6.88. The molecule has 8 nitrogen and oxygen atoms in total. The number of hydrogen-bond donors (Lipinski definition) is 0. The number of aromatic nitrogens is 3. The Morgan fingerprint density at radius 2 is 1.58 bits per heavy atom. The average molecular weight is 518 g/mol. The van der Waals surface area contributed by atoms with Crippen LogP contribution in [0.4, 0.5) is 11.8 Å². The van der Waals surface area contributed by atoms with E-state index in [1.807, 2.05) is 0 Å². The zero-order valence-corrected chi connectivity index (χ0v) is 22.6. The summed E-state index contributed by atoms with van der Waals surface area (Å²) in [7, 11) is 0. The molecule has 3 aliphatic rings. The summed E-state index contributed by atoms with van der Waals surface area (Å²) in [6.45, 7) is 9.57. The first kappa shape index (κ1) is 25.3. The fourth-order valence-electron chi connectivity index (χ4n) is 5.93. The molecule has 6 rings (SSSR count). The molecule has 8 heteroatoms. The molecule has 1 aliphatic carbocycles. The van der Waals surface area contributed by atoms with Crippen LogP contribution in [0, 0.1) is 5.92 Å². The minimum absolute atomic E-state index is 0.128. The summed E-state index contributed by atoms with van der Waals surface area (Å²) in [5.74, 6) is 3.27. The average Bonchev–Trinajstić information content (AvgIpc) is 2.96. The highest BCUT2D eigenvalue weighted by Gasteiger charge is 2.26. The van der Waals surface area contributed by atoms with E-state index >= 15 is 0 Å². The topological polar surface area (TPSA) is 72.8 Å². The predicted octanol–water partition coefficient (Wildman–Crippen LogP) is 5.10. The van der Waals surface area contributed by atoms with Gasteiger partial charge in [-0.3, -0.25) is 0 Å². The summed E-state index contributed by atoms with van der Waals surface area (Å²) in [4.78, 5) is 19.6. The molecule has 2 atom stereocenters. The summed E-state index contributed by atoms with van der Waals surface area (Å²) < 4.78 is 17.7. The van der Waals surface area contributed by atoms with Crippen molar-refractivity contribution >= 4 is 22.8 Å². The smallest absolute Gasteiger partial charge is 0.229 e. The minimum atomic E-state index is 0.128. The summed E-state index contributed by atoms with van der Waals surface area (Å²) in [6, 6.07) is 12.5. The highest BCUT2D eigenvalue weighted by Crippen LogP contribution is 2.31. The second-order valence-electron chi connectivity index (χ2n) is 11.0. The van der Waals surface area contributed by atoms with Gasteiger partial charge in [0.15, 0.2) is 5.65 Å². The van der Waals surface area contributed by atoms with E-state index in [0.717, 1.165) is 72.6 Å². The van der Waals surface area contributed by atoms with E-state index in [1.54, 1.807) is 0 Å². The first-order valence-corrected chi connectivity index (χ1v) is 14.3. The highest BCUT2D eigenvalue weighted by molar-refractivity contribution is 5.90. The van der Waals surface area contributed by atoms with Gasteiger partial charge in [0, 0.05) is 31.7 Å².